The first-order valence-corrected chi connectivity index (χ1v) is 10.0. The Bertz CT molecular complexity index is 634. The molecule has 0 N–H and O–H groups in total. The van der Waals surface area contributed by atoms with Crippen LogP contribution >= 0.6 is 11.6 Å². The third-order valence-corrected chi connectivity index (χ3v) is 5.28. The second kappa shape index (κ2) is 8.96. The molecule has 1 aromatic carbocycles. The van der Waals surface area contributed by atoms with Crippen molar-refractivity contribution in [1.29, 1.82) is 0 Å². The van der Waals surface area contributed by atoms with Gasteiger partial charge >= 0.3 is 0 Å². The fourth-order valence-electron chi connectivity index (χ4n) is 3.81. The standard InChI is InChI=1S/C20H28ClNO4/c1-3-10-26-19-15(21)12-14(13-18(19)24-4-2)20(23)22-9-11-25-17-8-6-5-7-16(17)22/h12-13,16-17H,3-11H2,1-2H3. The Morgan fingerprint density at radius 1 is 1.27 bits per heavy atom. The van der Waals surface area contributed by atoms with Gasteiger partial charge in [0.1, 0.15) is 0 Å². The quantitative estimate of drug-likeness (QED) is 0.736. The van der Waals surface area contributed by atoms with Crippen molar-refractivity contribution in [3.8, 4) is 11.5 Å². The zero-order valence-corrected chi connectivity index (χ0v) is 16.4. The smallest absolute Gasteiger partial charge is 0.254 e. The maximum absolute atomic E-state index is 13.2. The van der Waals surface area contributed by atoms with Gasteiger partial charge in [0, 0.05) is 12.1 Å². The summed E-state index contributed by atoms with van der Waals surface area (Å²) in [6, 6.07) is 3.62. The van der Waals surface area contributed by atoms with Crippen LogP contribution in [0.1, 0.15) is 56.3 Å². The molecule has 2 atom stereocenters. The maximum atomic E-state index is 13.2. The molecule has 3 rings (SSSR count). The number of morpholine rings is 1. The Balaban J connectivity index is 1.86. The number of ether oxygens (including phenoxy) is 3. The zero-order chi connectivity index (χ0) is 18.5. The minimum Gasteiger partial charge on any atom is -0.490 e. The van der Waals surface area contributed by atoms with Crippen molar-refractivity contribution in [2.45, 2.75) is 58.1 Å². The zero-order valence-electron chi connectivity index (χ0n) is 15.6. The molecule has 1 aromatic rings. The predicted octanol–water partition coefficient (Wildman–Crippen LogP) is 4.31. The van der Waals surface area contributed by atoms with Crippen molar-refractivity contribution in [3.63, 3.8) is 0 Å². The van der Waals surface area contributed by atoms with Crippen molar-refractivity contribution < 1.29 is 19.0 Å². The van der Waals surface area contributed by atoms with Crippen LogP contribution in [-0.2, 0) is 4.74 Å². The number of rotatable bonds is 6. The third kappa shape index (κ3) is 4.09. The van der Waals surface area contributed by atoms with Crippen molar-refractivity contribution in [3.05, 3.63) is 22.7 Å². The Hall–Kier alpha value is -1.46. The average Bonchev–Trinajstić information content (AvgIpc) is 2.66. The van der Waals surface area contributed by atoms with Crippen LogP contribution in [0.3, 0.4) is 0 Å². The number of halogens is 1. The Kier molecular flexibility index (Phi) is 6.65. The summed E-state index contributed by atoms with van der Waals surface area (Å²) in [7, 11) is 0. The largest absolute Gasteiger partial charge is 0.490 e. The van der Waals surface area contributed by atoms with E-state index in [1.165, 1.54) is 6.42 Å². The van der Waals surface area contributed by atoms with Gasteiger partial charge in [-0.2, -0.15) is 0 Å². The lowest BCUT2D eigenvalue weighted by Crippen LogP contribution is -2.54. The lowest BCUT2D eigenvalue weighted by Gasteiger charge is -2.43. The first-order valence-electron chi connectivity index (χ1n) is 9.67. The van der Waals surface area contributed by atoms with Gasteiger partial charge in [0.15, 0.2) is 11.5 Å². The number of hydrogen-bond acceptors (Lipinski definition) is 4. The molecule has 2 aliphatic rings. The lowest BCUT2D eigenvalue weighted by molar-refractivity contribution is -0.0752. The van der Waals surface area contributed by atoms with E-state index in [9.17, 15) is 4.79 Å². The molecule has 1 aliphatic carbocycles. The topological polar surface area (TPSA) is 48.0 Å². The second-order valence-corrected chi connectivity index (χ2v) is 7.23. The van der Waals surface area contributed by atoms with E-state index in [0.717, 1.165) is 25.7 Å². The fourth-order valence-corrected chi connectivity index (χ4v) is 4.08. The van der Waals surface area contributed by atoms with Crippen LogP contribution in [0.25, 0.3) is 0 Å². The van der Waals surface area contributed by atoms with E-state index < -0.39 is 0 Å². The highest BCUT2D eigenvalue weighted by atomic mass is 35.5. The summed E-state index contributed by atoms with van der Waals surface area (Å²) >= 11 is 6.43. The number of carbonyl (C=O) groups excluding carboxylic acids is 1. The van der Waals surface area contributed by atoms with Gasteiger partial charge in [0.2, 0.25) is 0 Å². The normalized spacial score (nSPS) is 22.7. The summed E-state index contributed by atoms with van der Waals surface area (Å²) in [5.41, 5.74) is 0.550. The highest BCUT2D eigenvalue weighted by Crippen LogP contribution is 2.38. The first kappa shape index (κ1) is 19.3. The molecule has 6 heteroatoms. The highest BCUT2D eigenvalue weighted by molar-refractivity contribution is 6.32. The monoisotopic (exact) mass is 381 g/mol. The van der Waals surface area contributed by atoms with E-state index in [0.29, 0.717) is 48.5 Å². The van der Waals surface area contributed by atoms with Crippen LogP contribution in [0.5, 0.6) is 11.5 Å². The van der Waals surface area contributed by atoms with E-state index >= 15 is 0 Å². The molecule has 5 nitrogen and oxygen atoms in total. The minimum absolute atomic E-state index is 0.00454. The summed E-state index contributed by atoms with van der Waals surface area (Å²) in [5, 5.41) is 0.418. The van der Waals surface area contributed by atoms with Gasteiger partial charge in [-0.3, -0.25) is 4.79 Å². The molecule has 0 bridgehead atoms. The van der Waals surface area contributed by atoms with Crippen LogP contribution in [0, 0.1) is 0 Å². The minimum atomic E-state index is -0.00454. The number of fused-ring (bicyclic) bond motifs is 1. The van der Waals surface area contributed by atoms with Crippen molar-refractivity contribution >= 4 is 17.5 Å². The fraction of sp³-hybridized carbons (Fsp3) is 0.650. The number of hydrogen-bond donors (Lipinski definition) is 0. The Morgan fingerprint density at radius 3 is 2.85 bits per heavy atom. The van der Waals surface area contributed by atoms with E-state index in [1.54, 1.807) is 12.1 Å². The van der Waals surface area contributed by atoms with Gasteiger partial charge in [-0.1, -0.05) is 31.4 Å². The van der Waals surface area contributed by atoms with Crippen molar-refractivity contribution in [1.82, 2.24) is 4.90 Å². The van der Waals surface area contributed by atoms with Gasteiger partial charge in [0.05, 0.1) is 37.0 Å². The lowest BCUT2D eigenvalue weighted by atomic mass is 9.89. The van der Waals surface area contributed by atoms with Crippen LogP contribution in [-0.4, -0.2) is 49.3 Å². The molecule has 2 unspecified atom stereocenters. The van der Waals surface area contributed by atoms with E-state index in [1.807, 2.05) is 18.7 Å². The summed E-state index contributed by atoms with van der Waals surface area (Å²) in [6.45, 7) is 6.19. The Morgan fingerprint density at radius 2 is 2.08 bits per heavy atom. The molecule has 1 saturated carbocycles. The highest BCUT2D eigenvalue weighted by Gasteiger charge is 2.37. The van der Waals surface area contributed by atoms with Crippen molar-refractivity contribution in [2.24, 2.45) is 0 Å². The summed E-state index contributed by atoms with van der Waals surface area (Å²) < 4.78 is 17.3. The molecule has 144 valence electrons. The maximum Gasteiger partial charge on any atom is 0.254 e. The number of amides is 1. The van der Waals surface area contributed by atoms with E-state index in [2.05, 4.69) is 0 Å². The molecule has 0 aromatic heterocycles. The average molecular weight is 382 g/mol. The summed E-state index contributed by atoms with van der Waals surface area (Å²) in [4.78, 5) is 15.2. The molecule has 1 amide bonds. The number of benzene rings is 1. The number of nitrogens with zero attached hydrogens (tertiary/aromatic N) is 1. The SMILES string of the molecule is CCCOc1c(Cl)cc(C(=O)N2CCOC3CCCCC32)cc1OCC. The molecule has 0 radical (unpaired) electrons. The van der Waals surface area contributed by atoms with Gasteiger partial charge in [-0.25, -0.2) is 0 Å². The van der Waals surface area contributed by atoms with Crippen LogP contribution < -0.4 is 9.47 Å². The number of carbonyl (C=O) groups is 1. The predicted molar refractivity (Wildman–Crippen MR) is 101 cm³/mol. The molecular formula is C20H28ClNO4. The summed E-state index contributed by atoms with van der Waals surface area (Å²) in [6.07, 6.45) is 5.38. The summed E-state index contributed by atoms with van der Waals surface area (Å²) in [5.74, 6) is 1.05. The third-order valence-electron chi connectivity index (χ3n) is 5.00. The molecule has 1 heterocycles. The second-order valence-electron chi connectivity index (χ2n) is 6.83. The van der Waals surface area contributed by atoms with Gasteiger partial charge in [-0.05, 0) is 38.3 Å². The molecule has 1 aliphatic heterocycles. The van der Waals surface area contributed by atoms with Crippen LogP contribution in [0.15, 0.2) is 12.1 Å². The molecular weight excluding hydrogens is 354 g/mol. The van der Waals surface area contributed by atoms with Crippen molar-refractivity contribution in [2.75, 3.05) is 26.4 Å². The molecule has 0 spiro atoms. The van der Waals surface area contributed by atoms with Gasteiger partial charge in [0.25, 0.3) is 5.91 Å². The van der Waals surface area contributed by atoms with E-state index in [-0.39, 0.29) is 18.1 Å². The Labute approximate surface area is 160 Å². The van der Waals surface area contributed by atoms with Crippen LogP contribution in [0.2, 0.25) is 5.02 Å². The van der Waals surface area contributed by atoms with Gasteiger partial charge < -0.3 is 19.1 Å². The molecule has 1 saturated heterocycles. The van der Waals surface area contributed by atoms with E-state index in [4.69, 9.17) is 25.8 Å². The molecule has 26 heavy (non-hydrogen) atoms. The van der Waals surface area contributed by atoms with Gasteiger partial charge in [-0.15, -0.1) is 0 Å². The van der Waals surface area contributed by atoms with Crippen LogP contribution in [0.4, 0.5) is 0 Å². The molecule has 2 fully saturated rings. The first-order chi connectivity index (χ1) is 12.7.